The van der Waals surface area contributed by atoms with Crippen LogP contribution in [-0.2, 0) is 9.59 Å². The predicted octanol–water partition coefficient (Wildman–Crippen LogP) is 8.06. The van der Waals surface area contributed by atoms with E-state index in [9.17, 15) is 9.59 Å². The molecular weight excluding hydrogens is 647 g/mol. The van der Waals surface area contributed by atoms with E-state index in [0.717, 1.165) is 107 Å². The molecule has 8 rings (SSSR count). The summed E-state index contributed by atoms with van der Waals surface area (Å²) in [4.78, 5) is 47.4. The molecule has 4 heterocycles. The van der Waals surface area contributed by atoms with Crippen molar-refractivity contribution in [2.75, 3.05) is 27.2 Å². The Labute approximate surface area is 304 Å². The van der Waals surface area contributed by atoms with Crippen LogP contribution in [0.5, 0.6) is 0 Å². The first kappa shape index (κ1) is 33.3. The zero-order chi connectivity index (χ0) is 35.6. The van der Waals surface area contributed by atoms with Crippen LogP contribution in [0.2, 0.25) is 0 Å². The van der Waals surface area contributed by atoms with Crippen LogP contribution in [-0.4, -0.2) is 74.1 Å². The van der Waals surface area contributed by atoms with E-state index in [1.165, 1.54) is 0 Å². The molecule has 2 amide bonds. The lowest BCUT2D eigenvalue weighted by atomic mass is 9.98. The molecule has 0 radical (unpaired) electrons. The molecule has 0 bridgehead atoms. The Bertz CT molecular complexity index is 2140. The van der Waals surface area contributed by atoms with Crippen LogP contribution in [0, 0.1) is 0 Å². The summed E-state index contributed by atoms with van der Waals surface area (Å²) in [6, 6.07) is 35.3. The third-order valence-electron chi connectivity index (χ3n) is 10.6. The molecule has 9 nitrogen and oxygen atoms in total. The summed E-state index contributed by atoms with van der Waals surface area (Å²) >= 11 is 0. The highest BCUT2D eigenvalue weighted by atomic mass is 16.2. The molecular formula is C43H43N7O2. The van der Waals surface area contributed by atoms with Crippen molar-refractivity contribution in [1.29, 1.82) is 0 Å². The maximum atomic E-state index is 13.9. The molecule has 2 N–H and O–H groups in total. The molecule has 2 saturated heterocycles. The quantitative estimate of drug-likeness (QED) is 0.142. The fourth-order valence-electron chi connectivity index (χ4n) is 7.82. The van der Waals surface area contributed by atoms with Gasteiger partial charge in [-0.05, 0) is 78.7 Å². The number of nitrogens with zero attached hydrogens (tertiary/aromatic N) is 5. The Kier molecular flexibility index (Phi) is 9.26. The summed E-state index contributed by atoms with van der Waals surface area (Å²) in [6.45, 7) is 1.51. The van der Waals surface area contributed by atoms with Crippen LogP contribution in [0.15, 0.2) is 116 Å². The van der Waals surface area contributed by atoms with E-state index < -0.39 is 0 Å². The number of carbonyl (C=O) groups excluding carboxylic acids is 2. The lowest BCUT2D eigenvalue weighted by Gasteiger charge is -2.31. The van der Waals surface area contributed by atoms with Crippen molar-refractivity contribution >= 4 is 12.3 Å². The van der Waals surface area contributed by atoms with Crippen molar-refractivity contribution < 1.29 is 9.59 Å². The van der Waals surface area contributed by atoms with E-state index in [1.54, 1.807) is 0 Å². The normalized spacial score (nSPS) is 17.9. The third-order valence-corrected chi connectivity index (χ3v) is 10.6. The number of aromatic amines is 2. The molecule has 2 aliphatic rings. The molecule has 2 fully saturated rings. The molecule has 52 heavy (non-hydrogen) atoms. The lowest BCUT2D eigenvalue weighted by molar-refractivity contribution is -0.137. The number of nitrogens with one attached hydrogen (secondary N) is 2. The minimum atomic E-state index is -0.334. The number of imidazole rings is 2. The summed E-state index contributed by atoms with van der Waals surface area (Å²) in [5, 5.41) is 0. The molecule has 3 atom stereocenters. The summed E-state index contributed by atoms with van der Waals surface area (Å²) in [7, 11) is 3.92. The topological polar surface area (TPSA) is 101 Å². The number of hydrogen-bond donors (Lipinski definition) is 2. The van der Waals surface area contributed by atoms with Gasteiger partial charge in [0.25, 0.3) is 0 Å². The van der Waals surface area contributed by atoms with Crippen molar-refractivity contribution in [2.45, 2.75) is 43.8 Å². The van der Waals surface area contributed by atoms with Crippen LogP contribution >= 0.6 is 0 Å². The number of benzene rings is 4. The van der Waals surface area contributed by atoms with E-state index in [-0.39, 0.29) is 24.0 Å². The molecule has 9 heteroatoms. The summed E-state index contributed by atoms with van der Waals surface area (Å²) in [5.41, 5.74) is 9.59. The maximum absolute atomic E-state index is 13.9. The summed E-state index contributed by atoms with van der Waals surface area (Å²) in [6.07, 6.45) is 8.45. The highest BCUT2D eigenvalue weighted by Crippen LogP contribution is 2.36. The Morgan fingerprint density at radius 1 is 0.673 bits per heavy atom. The Morgan fingerprint density at radius 2 is 1.13 bits per heavy atom. The van der Waals surface area contributed by atoms with Gasteiger partial charge in [-0.1, -0.05) is 103 Å². The van der Waals surface area contributed by atoms with Crippen molar-refractivity contribution in [3.05, 3.63) is 133 Å². The van der Waals surface area contributed by atoms with Crippen molar-refractivity contribution in [3.63, 3.8) is 0 Å². The number of likely N-dealkylation sites (N-methyl/N-ethyl adjacent to an activating group) is 1. The van der Waals surface area contributed by atoms with Gasteiger partial charge >= 0.3 is 0 Å². The van der Waals surface area contributed by atoms with Crippen LogP contribution in [0.4, 0.5) is 0 Å². The van der Waals surface area contributed by atoms with E-state index in [2.05, 4.69) is 87.7 Å². The number of H-pyrrole nitrogens is 2. The van der Waals surface area contributed by atoms with Crippen molar-refractivity contribution in [2.24, 2.45) is 0 Å². The molecule has 6 aromatic rings. The highest BCUT2D eigenvalue weighted by Gasteiger charge is 2.37. The number of amides is 2. The van der Waals surface area contributed by atoms with Crippen LogP contribution in [0.25, 0.3) is 44.8 Å². The highest BCUT2D eigenvalue weighted by molar-refractivity contribution is 5.84. The molecule has 2 aliphatic heterocycles. The van der Waals surface area contributed by atoms with E-state index in [0.29, 0.717) is 0 Å². The van der Waals surface area contributed by atoms with E-state index >= 15 is 0 Å². The van der Waals surface area contributed by atoms with Gasteiger partial charge in [0.05, 0.1) is 35.9 Å². The number of carbonyl (C=O) groups is 2. The number of hydrogen-bond acceptors (Lipinski definition) is 5. The molecule has 0 spiro atoms. The smallest absolute Gasteiger partial charge is 0.245 e. The molecule has 262 valence electrons. The maximum Gasteiger partial charge on any atom is 0.245 e. The van der Waals surface area contributed by atoms with Gasteiger partial charge in [-0.25, -0.2) is 9.97 Å². The Morgan fingerprint density at radius 3 is 1.63 bits per heavy atom. The third kappa shape index (κ3) is 6.55. The van der Waals surface area contributed by atoms with Gasteiger partial charge in [-0.2, -0.15) is 0 Å². The predicted molar refractivity (Wildman–Crippen MR) is 204 cm³/mol. The number of likely N-dealkylation sites (tertiary alicyclic amines) is 2. The van der Waals surface area contributed by atoms with Gasteiger partial charge in [0, 0.05) is 13.1 Å². The largest absolute Gasteiger partial charge is 0.340 e. The summed E-state index contributed by atoms with van der Waals surface area (Å²) < 4.78 is 0. The van der Waals surface area contributed by atoms with E-state index in [4.69, 9.17) is 4.98 Å². The Hall–Kier alpha value is -5.80. The van der Waals surface area contributed by atoms with Crippen molar-refractivity contribution in [1.82, 2.24) is 34.6 Å². The van der Waals surface area contributed by atoms with Crippen LogP contribution in [0.3, 0.4) is 0 Å². The van der Waals surface area contributed by atoms with Gasteiger partial charge in [-0.3, -0.25) is 14.5 Å². The average Bonchev–Trinajstić information content (AvgIpc) is 4.02. The van der Waals surface area contributed by atoms with Gasteiger partial charge in [0.1, 0.15) is 17.7 Å². The fourth-order valence-corrected chi connectivity index (χ4v) is 7.82. The number of aromatic nitrogens is 4. The minimum Gasteiger partial charge on any atom is -0.340 e. The van der Waals surface area contributed by atoms with Gasteiger partial charge in [-0.15, -0.1) is 0 Å². The van der Waals surface area contributed by atoms with Gasteiger partial charge < -0.3 is 19.8 Å². The second-order valence-corrected chi connectivity index (χ2v) is 14.1. The first-order chi connectivity index (χ1) is 25.5. The first-order valence-electron chi connectivity index (χ1n) is 18.1. The molecule has 0 saturated carbocycles. The molecule has 2 aromatic heterocycles. The molecule has 0 aliphatic carbocycles. The van der Waals surface area contributed by atoms with E-state index in [1.807, 2.05) is 71.5 Å². The average molecular weight is 690 g/mol. The molecule has 4 aromatic carbocycles. The minimum absolute atomic E-state index is 0.0343. The zero-order valence-corrected chi connectivity index (χ0v) is 29.6. The first-order valence-corrected chi connectivity index (χ1v) is 18.1. The van der Waals surface area contributed by atoms with Gasteiger partial charge in [0.15, 0.2) is 0 Å². The summed E-state index contributed by atoms with van der Waals surface area (Å²) in [5.74, 6) is 1.80. The van der Waals surface area contributed by atoms with Crippen LogP contribution < -0.4 is 0 Å². The Balaban J connectivity index is 0.924. The van der Waals surface area contributed by atoms with Gasteiger partial charge in [0.2, 0.25) is 12.3 Å². The second kappa shape index (κ2) is 14.4. The standard InChI is InChI=1S/C43H43N7O2/c1-48(2)40(35-8-4-3-5-9-35)43(52)50-25-7-11-39(50)42-45-27-37(47-42)34-22-18-32(19-23-34)30-14-12-29(13-15-30)31-16-20-33(21-17-31)36-26-44-41(46-36)38-10-6-24-49(38)28-51/h3-5,8-9,12-23,26-28,38-40H,6-7,10-11,24-25H2,1-2H3,(H,44,46)(H,45,47)/t38-,39-,40+/m0/s1. The molecule has 0 unspecified atom stereocenters. The fraction of sp³-hybridized carbons (Fsp3) is 0.256. The van der Waals surface area contributed by atoms with Crippen molar-refractivity contribution in [3.8, 4) is 44.8 Å². The van der Waals surface area contributed by atoms with Crippen LogP contribution in [0.1, 0.15) is 61.0 Å². The zero-order valence-electron chi connectivity index (χ0n) is 29.6. The monoisotopic (exact) mass is 689 g/mol. The number of rotatable bonds is 10. The lowest BCUT2D eigenvalue weighted by Crippen LogP contribution is -2.40. The SMILES string of the molecule is CN(C)[C@@H](C(=O)N1CCC[C@H]1c1ncc(-c2ccc(-c3ccc(-c4ccc(-c5cnc([C@@H]6CCCN6C=O)[nH]5)cc4)cc3)cc2)[nH]1)c1ccccc1. The second-order valence-electron chi connectivity index (χ2n) is 14.1.